The van der Waals surface area contributed by atoms with E-state index in [1.807, 2.05) is 0 Å². The number of carboxylic acids is 1. The lowest BCUT2D eigenvalue weighted by atomic mass is 9.84. The van der Waals surface area contributed by atoms with Gasteiger partial charge in [0, 0.05) is 19.1 Å². The molecule has 2 amide bonds. The highest BCUT2D eigenvalue weighted by Gasteiger charge is 2.45. The van der Waals surface area contributed by atoms with Crippen molar-refractivity contribution in [1.82, 2.24) is 15.1 Å². The van der Waals surface area contributed by atoms with Gasteiger partial charge in [-0.3, -0.25) is 0 Å². The molecular weight excluding hydrogens is 270 g/mol. The van der Waals surface area contributed by atoms with Gasteiger partial charge in [-0.15, -0.1) is 0 Å². The van der Waals surface area contributed by atoms with Crippen LogP contribution in [0.2, 0.25) is 0 Å². The van der Waals surface area contributed by atoms with E-state index in [4.69, 9.17) is 0 Å². The number of rotatable bonds is 2. The summed E-state index contributed by atoms with van der Waals surface area (Å²) in [6.45, 7) is 5.38. The van der Waals surface area contributed by atoms with Gasteiger partial charge in [0.25, 0.3) is 0 Å². The zero-order valence-corrected chi connectivity index (χ0v) is 12.7. The maximum absolute atomic E-state index is 12.6. The van der Waals surface area contributed by atoms with Gasteiger partial charge in [0.15, 0.2) is 0 Å². The van der Waals surface area contributed by atoms with Crippen LogP contribution < -0.4 is 5.32 Å². The summed E-state index contributed by atoms with van der Waals surface area (Å²) in [6, 6.07) is -0.0154. The van der Waals surface area contributed by atoms with Crippen LogP contribution in [0.1, 0.15) is 39.0 Å². The SMILES string of the molecule is CC1(C(=O)O)CCCCN1C(=O)NC1CN2CCC1CC2. The van der Waals surface area contributed by atoms with Gasteiger partial charge < -0.3 is 20.2 Å². The molecule has 4 rings (SSSR count). The largest absolute Gasteiger partial charge is 0.480 e. The van der Waals surface area contributed by atoms with Gasteiger partial charge in [-0.2, -0.15) is 0 Å². The summed E-state index contributed by atoms with van der Waals surface area (Å²) in [6.07, 6.45) is 4.57. The molecule has 6 heteroatoms. The topological polar surface area (TPSA) is 72.9 Å². The summed E-state index contributed by atoms with van der Waals surface area (Å²) in [4.78, 5) is 28.1. The summed E-state index contributed by atoms with van der Waals surface area (Å²) in [5.74, 6) is -0.342. The van der Waals surface area contributed by atoms with Crippen LogP contribution in [-0.2, 0) is 4.79 Å². The zero-order valence-electron chi connectivity index (χ0n) is 12.7. The van der Waals surface area contributed by atoms with Crippen molar-refractivity contribution in [2.75, 3.05) is 26.2 Å². The van der Waals surface area contributed by atoms with Crippen LogP contribution in [0.15, 0.2) is 0 Å². The average Bonchev–Trinajstić information content (AvgIpc) is 2.48. The molecule has 2 atom stereocenters. The van der Waals surface area contributed by atoms with E-state index >= 15 is 0 Å². The summed E-state index contributed by atoms with van der Waals surface area (Å²) in [5, 5.41) is 12.6. The van der Waals surface area contributed by atoms with E-state index in [-0.39, 0.29) is 12.1 Å². The third-order valence-electron chi connectivity index (χ3n) is 5.56. The Balaban J connectivity index is 1.68. The van der Waals surface area contributed by atoms with Crippen LogP contribution in [0, 0.1) is 5.92 Å². The number of hydrogen-bond donors (Lipinski definition) is 2. The van der Waals surface area contributed by atoms with E-state index in [0.29, 0.717) is 18.9 Å². The van der Waals surface area contributed by atoms with E-state index in [2.05, 4.69) is 10.2 Å². The van der Waals surface area contributed by atoms with Crippen LogP contribution in [0.3, 0.4) is 0 Å². The molecule has 4 saturated heterocycles. The Hall–Kier alpha value is -1.30. The van der Waals surface area contributed by atoms with E-state index < -0.39 is 11.5 Å². The predicted octanol–water partition coefficient (Wildman–Crippen LogP) is 1.12. The Bertz CT molecular complexity index is 434. The lowest BCUT2D eigenvalue weighted by Crippen LogP contribution is -2.64. The Morgan fingerprint density at radius 1 is 1.19 bits per heavy atom. The van der Waals surface area contributed by atoms with Gasteiger partial charge in [-0.05, 0) is 58.0 Å². The highest BCUT2D eigenvalue weighted by Crippen LogP contribution is 2.30. The molecule has 0 aliphatic carbocycles. The molecule has 2 unspecified atom stereocenters. The van der Waals surface area contributed by atoms with Crippen molar-refractivity contribution < 1.29 is 14.7 Å². The fourth-order valence-electron chi connectivity index (χ4n) is 4.03. The van der Waals surface area contributed by atoms with Gasteiger partial charge in [-0.1, -0.05) is 0 Å². The molecule has 0 radical (unpaired) electrons. The molecule has 0 aromatic carbocycles. The number of hydrogen-bond acceptors (Lipinski definition) is 3. The number of carbonyl (C=O) groups is 2. The second kappa shape index (κ2) is 5.48. The van der Waals surface area contributed by atoms with Crippen LogP contribution in [0.5, 0.6) is 0 Å². The van der Waals surface area contributed by atoms with Crippen molar-refractivity contribution in [2.24, 2.45) is 5.92 Å². The molecule has 0 aromatic heterocycles. The van der Waals surface area contributed by atoms with E-state index in [1.165, 1.54) is 4.90 Å². The Morgan fingerprint density at radius 3 is 2.48 bits per heavy atom. The fourth-order valence-corrected chi connectivity index (χ4v) is 4.03. The Kier molecular flexibility index (Phi) is 3.82. The average molecular weight is 295 g/mol. The number of likely N-dealkylation sites (tertiary alicyclic amines) is 1. The van der Waals surface area contributed by atoms with Gasteiger partial charge in [0.05, 0.1) is 0 Å². The van der Waals surface area contributed by atoms with Crippen molar-refractivity contribution in [3.05, 3.63) is 0 Å². The minimum atomic E-state index is -1.06. The lowest BCUT2D eigenvalue weighted by molar-refractivity contribution is -0.150. The molecule has 0 saturated carbocycles. The minimum absolute atomic E-state index is 0.181. The van der Waals surface area contributed by atoms with Crippen LogP contribution in [0.4, 0.5) is 4.79 Å². The predicted molar refractivity (Wildman–Crippen MR) is 78.1 cm³/mol. The number of urea groups is 1. The molecule has 0 spiro atoms. The molecule has 6 nitrogen and oxygen atoms in total. The maximum Gasteiger partial charge on any atom is 0.329 e. The first-order valence-electron chi connectivity index (χ1n) is 8.04. The molecule has 2 N–H and O–H groups in total. The van der Waals surface area contributed by atoms with Crippen LogP contribution >= 0.6 is 0 Å². The van der Waals surface area contributed by atoms with E-state index in [1.54, 1.807) is 6.92 Å². The summed E-state index contributed by atoms with van der Waals surface area (Å²) in [7, 11) is 0. The quantitative estimate of drug-likeness (QED) is 0.801. The molecule has 0 aromatic rings. The Labute approximate surface area is 125 Å². The second-order valence-electron chi connectivity index (χ2n) is 6.88. The third kappa shape index (κ3) is 2.61. The Morgan fingerprint density at radius 2 is 1.90 bits per heavy atom. The van der Waals surface area contributed by atoms with Gasteiger partial charge >= 0.3 is 12.0 Å². The van der Waals surface area contributed by atoms with Gasteiger partial charge in [0.1, 0.15) is 5.54 Å². The number of carboxylic acid groups (broad SMARTS) is 1. The third-order valence-corrected chi connectivity index (χ3v) is 5.56. The van der Waals surface area contributed by atoms with Crippen LogP contribution in [0.25, 0.3) is 0 Å². The van der Waals surface area contributed by atoms with Crippen molar-refractivity contribution in [1.29, 1.82) is 0 Å². The van der Waals surface area contributed by atoms with Crippen molar-refractivity contribution in [2.45, 2.75) is 50.6 Å². The number of nitrogens with zero attached hydrogens (tertiary/aromatic N) is 2. The highest BCUT2D eigenvalue weighted by molar-refractivity contribution is 5.86. The number of fused-ring (bicyclic) bond motifs is 3. The molecular formula is C15H25N3O3. The smallest absolute Gasteiger partial charge is 0.329 e. The first kappa shape index (κ1) is 14.6. The lowest BCUT2D eigenvalue weighted by Gasteiger charge is -2.47. The number of carbonyl (C=O) groups excluding carboxylic acids is 1. The van der Waals surface area contributed by atoms with Crippen LogP contribution in [-0.4, -0.2) is 64.7 Å². The summed E-state index contributed by atoms with van der Waals surface area (Å²) >= 11 is 0. The summed E-state index contributed by atoms with van der Waals surface area (Å²) < 4.78 is 0. The van der Waals surface area contributed by atoms with Gasteiger partial charge in [-0.25, -0.2) is 9.59 Å². The van der Waals surface area contributed by atoms with Crippen molar-refractivity contribution >= 4 is 12.0 Å². The molecule has 4 aliphatic rings. The zero-order chi connectivity index (χ0) is 15.0. The fraction of sp³-hybridized carbons (Fsp3) is 0.867. The standard InChI is InChI=1S/C15H25N3O3/c1-15(13(19)20)6-2-3-7-18(15)14(21)16-12-10-17-8-4-11(12)5-9-17/h11-12H,2-10H2,1H3,(H,16,21)(H,19,20). The second-order valence-corrected chi connectivity index (χ2v) is 6.88. The maximum atomic E-state index is 12.6. The first-order valence-corrected chi connectivity index (χ1v) is 8.04. The van der Waals surface area contributed by atoms with E-state index in [9.17, 15) is 14.7 Å². The summed E-state index contributed by atoms with van der Waals surface area (Å²) in [5.41, 5.74) is -1.06. The van der Waals surface area contributed by atoms with Crippen molar-refractivity contribution in [3.63, 3.8) is 0 Å². The molecule has 4 aliphatic heterocycles. The molecule has 118 valence electrons. The van der Waals surface area contributed by atoms with Crippen molar-refractivity contribution in [3.8, 4) is 0 Å². The highest BCUT2D eigenvalue weighted by atomic mass is 16.4. The molecule has 4 fully saturated rings. The molecule has 2 bridgehead atoms. The number of amides is 2. The monoisotopic (exact) mass is 295 g/mol. The normalized spacial score (nSPS) is 39.1. The van der Waals surface area contributed by atoms with Gasteiger partial charge in [0.2, 0.25) is 0 Å². The van der Waals surface area contributed by atoms with E-state index in [0.717, 1.165) is 45.3 Å². The first-order chi connectivity index (χ1) is 10.0. The number of nitrogens with one attached hydrogen (secondary N) is 1. The number of piperidine rings is 4. The molecule has 4 heterocycles. The number of aliphatic carboxylic acids is 1. The minimum Gasteiger partial charge on any atom is -0.480 e. The molecule has 21 heavy (non-hydrogen) atoms.